The van der Waals surface area contributed by atoms with Gasteiger partial charge in [-0.05, 0) is 75.9 Å². The molecule has 0 saturated carbocycles. The fourth-order valence-electron chi connectivity index (χ4n) is 5.60. The number of aromatic nitrogens is 7. The number of aromatic amines is 2. The zero-order valence-electron chi connectivity index (χ0n) is 25.3. The van der Waals surface area contributed by atoms with E-state index in [1.165, 1.54) is 25.0 Å². The van der Waals surface area contributed by atoms with Gasteiger partial charge in [-0.25, -0.2) is 14.4 Å². The van der Waals surface area contributed by atoms with Gasteiger partial charge in [0.15, 0.2) is 11.5 Å². The number of H-pyrrole nitrogens is 2. The first-order chi connectivity index (χ1) is 22.0. The van der Waals surface area contributed by atoms with Crippen molar-refractivity contribution < 1.29 is 13.9 Å². The molecule has 0 aliphatic carbocycles. The maximum absolute atomic E-state index is 14.8. The van der Waals surface area contributed by atoms with Crippen LogP contribution in [0.15, 0.2) is 61.2 Å². The minimum atomic E-state index is -0.371. The van der Waals surface area contributed by atoms with Gasteiger partial charge in [-0.1, -0.05) is 0 Å². The number of halogens is 1. The summed E-state index contributed by atoms with van der Waals surface area (Å²) in [5.74, 6) is 1.33. The third-order valence-corrected chi connectivity index (χ3v) is 7.93. The van der Waals surface area contributed by atoms with Gasteiger partial charge >= 0.3 is 0 Å². The SMILES string of the molecule is CN(C)CCOc1cncc(-c2cc3c(-c4nc5c(-c6cc(F)cc(OCCN7CCCC7)c6)ccnc5[nH]4)n[nH]c3cn2)c1. The number of nitrogens with one attached hydrogen (secondary N) is 2. The van der Waals surface area contributed by atoms with Gasteiger partial charge < -0.3 is 19.4 Å². The molecule has 0 unspecified atom stereocenters. The summed E-state index contributed by atoms with van der Waals surface area (Å²) in [4.78, 5) is 26.1. The second-order valence-corrected chi connectivity index (χ2v) is 11.5. The van der Waals surface area contributed by atoms with Crippen LogP contribution >= 0.6 is 0 Å². The Hall–Kier alpha value is -4.94. The summed E-state index contributed by atoms with van der Waals surface area (Å²) in [6.07, 6.45) is 9.32. The van der Waals surface area contributed by atoms with Gasteiger partial charge in [-0.2, -0.15) is 5.10 Å². The van der Waals surface area contributed by atoms with Crippen LogP contribution in [0.2, 0.25) is 0 Å². The molecule has 1 fully saturated rings. The molecule has 5 aromatic heterocycles. The Balaban J connectivity index is 1.18. The molecule has 45 heavy (non-hydrogen) atoms. The van der Waals surface area contributed by atoms with Crippen molar-refractivity contribution in [2.45, 2.75) is 12.8 Å². The van der Waals surface area contributed by atoms with E-state index in [1.807, 2.05) is 38.4 Å². The van der Waals surface area contributed by atoms with Gasteiger partial charge in [-0.15, -0.1) is 0 Å². The molecule has 1 aliphatic heterocycles. The molecule has 1 saturated heterocycles. The zero-order valence-corrected chi connectivity index (χ0v) is 25.3. The van der Waals surface area contributed by atoms with E-state index in [4.69, 9.17) is 14.5 Å². The molecule has 0 bridgehead atoms. The standard InChI is InChI=1S/C33H34FN9O2/c1-42(2)9-11-45-25-15-22(18-35-19-25)28-17-27-29(20-37-28)40-41-31(27)33-38-30-26(5-6-36-32(30)39-33)21-13-23(34)16-24(14-21)44-12-10-43-7-3-4-8-43/h5-6,13-20H,3-4,7-12H2,1-2H3,(H,40,41)(H,36,38,39). The molecule has 0 spiro atoms. The fraction of sp³-hybridized carbons (Fsp3) is 0.303. The van der Waals surface area contributed by atoms with Gasteiger partial charge in [-0.3, -0.25) is 20.0 Å². The Morgan fingerprint density at radius 1 is 0.933 bits per heavy atom. The normalized spacial score (nSPS) is 13.8. The van der Waals surface area contributed by atoms with E-state index < -0.39 is 0 Å². The summed E-state index contributed by atoms with van der Waals surface area (Å²) in [5, 5.41) is 8.44. The maximum Gasteiger partial charge on any atom is 0.160 e. The Kier molecular flexibility index (Phi) is 8.05. The molecule has 6 heterocycles. The minimum absolute atomic E-state index is 0.371. The van der Waals surface area contributed by atoms with Crippen LogP contribution in [0.4, 0.5) is 4.39 Å². The van der Waals surface area contributed by atoms with E-state index in [9.17, 15) is 4.39 Å². The van der Waals surface area contributed by atoms with E-state index in [0.717, 1.165) is 53.9 Å². The Morgan fingerprint density at radius 3 is 2.64 bits per heavy atom. The van der Waals surface area contributed by atoms with E-state index in [0.29, 0.717) is 53.0 Å². The van der Waals surface area contributed by atoms with Crippen molar-refractivity contribution in [2.75, 3.05) is 53.5 Å². The van der Waals surface area contributed by atoms with Crippen molar-refractivity contribution in [1.29, 1.82) is 0 Å². The Morgan fingerprint density at radius 2 is 1.78 bits per heavy atom. The Bertz CT molecular complexity index is 1950. The summed E-state index contributed by atoms with van der Waals surface area (Å²) in [7, 11) is 4.01. The summed E-state index contributed by atoms with van der Waals surface area (Å²) < 4.78 is 26.6. The smallest absolute Gasteiger partial charge is 0.160 e. The minimum Gasteiger partial charge on any atom is -0.492 e. The first-order valence-corrected chi connectivity index (χ1v) is 15.1. The van der Waals surface area contributed by atoms with Crippen molar-refractivity contribution in [3.63, 3.8) is 0 Å². The second kappa shape index (κ2) is 12.6. The number of hydrogen-bond acceptors (Lipinski definition) is 9. The molecular weight excluding hydrogens is 573 g/mol. The lowest BCUT2D eigenvalue weighted by Crippen LogP contribution is -2.25. The number of likely N-dealkylation sites (tertiary alicyclic amines) is 1. The lowest BCUT2D eigenvalue weighted by Gasteiger charge is -2.15. The summed E-state index contributed by atoms with van der Waals surface area (Å²) in [6, 6.07) is 10.5. The molecule has 7 rings (SSSR count). The van der Waals surface area contributed by atoms with Gasteiger partial charge in [0.05, 0.1) is 23.6 Å². The van der Waals surface area contributed by atoms with Crippen molar-refractivity contribution in [1.82, 2.24) is 44.9 Å². The van der Waals surface area contributed by atoms with Crippen LogP contribution in [0.25, 0.3) is 56.0 Å². The summed E-state index contributed by atoms with van der Waals surface area (Å²) in [5.41, 5.74) is 5.51. The molecule has 0 atom stereocenters. The average molecular weight is 608 g/mol. The van der Waals surface area contributed by atoms with Gasteiger partial charge in [0.25, 0.3) is 0 Å². The predicted molar refractivity (Wildman–Crippen MR) is 171 cm³/mol. The molecule has 2 N–H and O–H groups in total. The maximum atomic E-state index is 14.8. The molecule has 11 nitrogen and oxygen atoms in total. The predicted octanol–water partition coefficient (Wildman–Crippen LogP) is 5.18. The molecular formula is C33H34FN9O2. The van der Waals surface area contributed by atoms with E-state index in [2.05, 4.69) is 39.9 Å². The van der Waals surface area contributed by atoms with E-state index in [1.54, 1.807) is 24.8 Å². The lowest BCUT2D eigenvalue weighted by atomic mass is 10.1. The monoisotopic (exact) mass is 607 g/mol. The number of nitrogens with zero attached hydrogens (tertiary/aromatic N) is 7. The van der Waals surface area contributed by atoms with Crippen LogP contribution in [-0.2, 0) is 0 Å². The van der Waals surface area contributed by atoms with Gasteiger partial charge in [0.1, 0.15) is 41.7 Å². The van der Waals surface area contributed by atoms with Gasteiger partial charge in [0.2, 0.25) is 0 Å². The van der Waals surface area contributed by atoms with Crippen LogP contribution in [0.5, 0.6) is 11.5 Å². The molecule has 0 radical (unpaired) electrons. The quantitative estimate of drug-likeness (QED) is 0.205. The first-order valence-electron chi connectivity index (χ1n) is 15.1. The van der Waals surface area contributed by atoms with E-state index in [-0.39, 0.29) is 5.82 Å². The molecule has 12 heteroatoms. The topological polar surface area (TPSA) is 121 Å². The highest BCUT2D eigenvalue weighted by Crippen LogP contribution is 2.33. The third kappa shape index (κ3) is 6.33. The number of hydrogen-bond donors (Lipinski definition) is 2. The number of fused-ring (bicyclic) bond motifs is 2. The van der Waals surface area contributed by atoms with Crippen LogP contribution in [-0.4, -0.2) is 98.4 Å². The number of ether oxygens (including phenoxy) is 2. The summed E-state index contributed by atoms with van der Waals surface area (Å²) >= 11 is 0. The molecule has 0 amide bonds. The van der Waals surface area contributed by atoms with Gasteiger partial charge in [0, 0.05) is 48.1 Å². The number of rotatable bonds is 11. The molecule has 6 aromatic rings. The lowest BCUT2D eigenvalue weighted by molar-refractivity contribution is 0.237. The average Bonchev–Trinajstić information content (AvgIpc) is 3.80. The highest BCUT2D eigenvalue weighted by atomic mass is 19.1. The second-order valence-electron chi connectivity index (χ2n) is 11.5. The zero-order chi connectivity index (χ0) is 30.8. The largest absolute Gasteiger partial charge is 0.492 e. The fourth-order valence-corrected chi connectivity index (χ4v) is 5.60. The van der Waals surface area contributed by atoms with Crippen molar-refractivity contribution >= 4 is 22.1 Å². The van der Waals surface area contributed by atoms with Crippen molar-refractivity contribution in [2.24, 2.45) is 0 Å². The molecule has 1 aliphatic rings. The molecule has 230 valence electrons. The highest BCUT2D eigenvalue weighted by Gasteiger charge is 2.18. The van der Waals surface area contributed by atoms with E-state index >= 15 is 0 Å². The number of imidazole rings is 1. The van der Waals surface area contributed by atoms with Crippen LogP contribution in [0, 0.1) is 5.82 Å². The van der Waals surface area contributed by atoms with Crippen molar-refractivity contribution in [3.8, 4) is 45.4 Å². The third-order valence-electron chi connectivity index (χ3n) is 7.93. The number of likely N-dealkylation sites (N-methyl/N-ethyl adjacent to an activating group) is 1. The van der Waals surface area contributed by atoms with Crippen LogP contribution < -0.4 is 9.47 Å². The van der Waals surface area contributed by atoms with Crippen LogP contribution in [0.1, 0.15) is 12.8 Å². The van der Waals surface area contributed by atoms with Crippen molar-refractivity contribution in [3.05, 3.63) is 67.0 Å². The molecule has 1 aromatic carbocycles. The highest BCUT2D eigenvalue weighted by molar-refractivity contribution is 5.96. The van der Waals surface area contributed by atoms with Crippen LogP contribution in [0.3, 0.4) is 0 Å². The number of benzene rings is 1. The number of pyridine rings is 3. The first kappa shape index (κ1) is 28.8. The Labute approximate surface area is 259 Å². The summed E-state index contributed by atoms with van der Waals surface area (Å²) in [6.45, 7) is 4.88.